The molecule has 3 heterocycles. The molecule has 0 aromatic carbocycles. The van der Waals surface area contributed by atoms with Gasteiger partial charge in [0.15, 0.2) is 1.05 Å². The highest BCUT2D eigenvalue weighted by Gasteiger charge is 2.19. The normalized spacial score (nSPS) is 8.96. The lowest BCUT2D eigenvalue weighted by molar-refractivity contribution is 0.284. The average molecular weight is 3620 g/mol. The molecule has 9 nitrogen and oxygen atoms in total. The number of rotatable bonds is 6. The van der Waals surface area contributed by atoms with E-state index in [4.69, 9.17) is 54.4 Å². The molecule has 0 aliphatic rings. The summed E-state index contributed by atoms with van der Waals surface area (Å²) in [6.07, 6.45) is 0.449. The van der Waals surface area contributed by atoms with E-state index in [0.29, 0.717) is 12.8 Å². The van der Waals surface area contributed by atoms with Crippen molar-refractivity contribution in [1.29, 1.82) is 0 Å². The smallest absolute Gasteiger partial charge is 0.205 e. The van der Waals surface area contributed by atoms with Gasteiger partial charge in [-0.3, -0.25) is 4.57 Å². The van der Waals surface area contributed by atoms with Gasteiger partial charge in [0, 0.05) is 776 Å². The monoisotopic (exact) mass is 3600 g/mol. The Kier molecular flexibility index (Phi) is 153. The van der Waals surface area contributed by atoms with Crippen molar-refractivity contribution in [2.75, 3.05) is 13.3 Å². The molecule has 0 aliphatic heterocycles. The molecule has 120 heavy (non-hydrogen) atoms. The standard InChI is InChI=1S/C7H13N2O2PS.C4H5BrN2S.C4H6N2OS.CBr4.CH4.S43.S42/c1-4-11-12(3,10)5-7-6(2)8-9-13-7;1-3-4(2-5)8-7-6-3;1-3-4(2-7)8-6-5-3;2-1(3,4)5;;1-3-5-7-9-11-13-15-17-19-21-23-25-27-29-31-33-35-37-39-41-43-42-40-38-36-34-32-30-28-26-24-22-20-18-16-14-12-10-8-6-4-2;1-3-5-7-9-11-13-15-17-19-21-23-25-27-29-31-33-35-37-39-41-42-40-38-36-34-32-30-28-26-24-22-20-18-16-14-12-10-8-6-4-2/h4-5H2,1-3H3;2H2,1H3;7H,2H2,1H3;;1H4;;. The van der Waals surface area contributed by atoms with Gasteiger partial charge in [-0.2, -0.15) is 0 Å². The van der Waals surface area contributed by atoms with Crippen LogP contribution in [0.4, 0.5) is 0 Å². The number of halogens is 5. The summed E-state index contributed by atoms with van der Waals surface area (Å²) in [5.74, 6) is 0. The van der Waals surface area contributed by atoms with Crippen molar-refractivity contribution < 1.29 is 14.2 Å². The molecule has 712 valence electrons. The van der Waals surface area contributed by atoms with Gasteiger partial charge in [-0.25, -0.2) is 0 Å². The zero-order chi connectivity index (χ0) is 87.6. The van der Waals surface area contributed by atoms with E-state index in [9.17, 15) is 4.57 Å². The van der Waals surface area contributed by atoms with Crippen molar-refractivity contribution in [1.82, 2.24) is 28.8 Å². The Bertz CT molecular complexity index is 7670. The van der Waals surface area contributed by atoms with Crippen LogP contribution in [-0.4, -0.2) is 48.2 Å². The molecule has 1 atom stereocenters. The highest BCUT2D eigenvalue weighted by Crippen LogP contribution is 2.47. The maximum Gasteiger partial charge on any atom is 0.205 e. The third-order valence-electron chi connectivity index (χ3n) is 5.53. The van der Waals surface area contributed by atoms with Gasteiger partial charge < -0.3 is 9.63 Å². The largest absolute Gasteiger partial charge is 0.391 e. The van der Waals surface area contributed by atoms with Gasteiger partial charge in [0.2, 0.25) is 7.37 Å². The Labute approximate surface area is 999 Å². The number of aliphatic hydroxyl groups excluding tert-OH is 1. The SMILES string of the molecule is BrC(Br)(Br)Br.C.CCOP(C)(=O)Cc1snnc1C.Cc1nnsc1CBr.Cc1nnsc1CO.S=S=S=S=S=S=S=S=S=S=S=S=S=S=S=S=S=S=S=S=S=S=S=S=S=S=S=S=S=S=S=S=S=S=S=S=S=S=S=S=S=S.S=S=S=S=S=S=S=S=S=S=S=S=S=S=S=S=S=S=S=S=S=S=S=S=S=S=S=S=S=S=S=S=S=S=S=S=S=S=S=S=S=S=S. The van der Waals surface area contributed by atoms with Crippen molar-refractivity contribution >= 4 is 886 Å². The van der Waals surface area contributed by atoms with Crippen LogP contribution in [-0.2, 0) is 791 Å². The Morgan fingerprint density at radius 1 is 0.300 bits per heavy atom. The second-order valence-corrected chi connectivity index (χ2v) is 172. The van der Waals surface area contributed by atoms with Crippen LogP contribution in [0.5, 0.6) is 0 Å². The van der Waals surface area contributed by atoms with Crippen LogP contribution in [0.25, 0.3) is 0 Å². The van der Waals surface area contributed by atoms with E-state index in [-0.39, 0.29) is 15.1 Å². The van der Waals surface area contributed by atoms with Gasteiger partial charge >= 0.3 is 0 Å². The lowest BCUT2D eigenvalue weighted by atomic mass is 10.4. The predicted molar refractivity (Wildman–Crippen MR) is 793 cm³/mol. The number of hydrogen-bond donors (Lipinski definition) is 1. The molecule has 0 aliphatic carbocycles. The second kappa shape index (κ2) is 126. The van der Waals surface area contributed by atoms with Gasteiger partial charge in [-0.05, 0) is 126 Å². The molecule has 3 rings (SSSR count). The van der Waals surface area contributed by atoms with Gasteiger partial charge in [0.1, 0.15) is 0 Å². The Balaban J connectivity index is -0.000000795. The zero-order valence-electron chi connectivity index (χ0n) is 53.5. The number of aromatic nitrogens is 6. The van der Waals surface area contributed by atoms with Crippen LogP contribution in [0.3, 0.4) is 0 Å². The van der Waals surface area contributed by atoms with Gasteiger partial charge in [-0.1, -0.05) is 36.8 Å². The van der Waals surface area contributed by atoms with Crippen LogP contribution in [0.1, 0.15) is 46.1 Å². The van der Waals surface area contributed by atoms with Crippen molar-refractivity contribution in [2.24, 2.45) is 0 Å². The molecule has 1 unspecified atom stereocenters. The molecule has 0 amide bonds. The van der Waals surface area contributed by atoms with Crippen LogP contribution < -0.4 is 0 Å². The molecule has 0 bridgehead atoms. The minimum absolute atomic E-state index is 0. The number of hydrogen-bond acceptors (Lipinski definition) is 16. The molecular weight excluding hydrogens is 3590 g/mol. The first-order valence-corrected chi connectivity index (χ1v) is 143. The Morgan fingerprint density at radius 3 is 0.525 bits per heavy atom. The van der Waals surface area contributed by atoms with Gasteiger partial charge in [0.05, 0.1) is 51.1 Å². The van der Waals surface area contributed by atoms with E-state index in [1.807, 2.05) is 498 Å². The molecule has 1 N–H and O–H groups in total. The van der Waals surface area contributed by atoms with Gasteiger partial charge in [-0.15, -0.1) is 15.3 Å². The van der Waals surface area contributed by atoms with E-state index in [1.54, 1.807) is 220 Å². The fraction of sp³-hybridized carbons (Fsp3) is 0.647. The van der Waals surface area contributed by atoms with Crippen molar-refractivity contribution in [3.63, 3.8) is 0 Å². The molecular formula is C17H28Br5N6O3PS88. The molecule has 0 saturated heterocycles. The van der Waals surface area contributed by atoms with E-state index in [1.165, 1.54) is 75.0 Å². The van der Waals surface area contributed by atoms with E-state index >= 15 is 0 Å². The first-order chi connectivity index (χ1) is 58.1. The summed E-state index contributed by atoms with van der Waals surface area (Å²) in [7, 11) is 141. The summed E-state index contributed by atoms with van der Waals surface area (Å²) in [4.78, 5) is 3.02. The maximum atomic E-state index is 11.8. The van der Waals surface area contributed by atoms with Crippen LogP contribution >= 0.6 is 122 Å². The van der Waals surface area contributed by atoms with Crippen molar-refractivity contribution in [2.45, 2.75) is 54.3 Å². The van der Waals surface area contributed by atoms with Crippen molar-refractivity contribution in [3.05, 3.63) is 31.7 Å². The Hall–Kier alpha value is 19.9. The lowest BCUT2D eigenvalue weighted by Crippen LogP contribution is -1.92. The van der Waals surface area contributed by atoms with Gasteiger partial charge in [0.25, 0.3) is 0 Å². The number of aliphatic hydroxyl groups is 1. The average Bonchev–Trinajstić information content (AvgIpc) is 1.71. The quantitative estimate of drug-likeness (QED) is 0.190. The van der Waals surface area contributed by atoms with Crippen molar-refractivity contribution in [3.8, 4) is 0 Å². The summed E-state index contributed by atoms with van der Waals surface area (Å²) >= 11 is 39.0. The maximum absolute atomic E-state index is 11.8. The van der Waals surface area contributed by atoms with Crippen LogP contribution in [0.15, 0.2) is 0 Å². The molecule has 0 saturated carbocycles. The third-order valence-corrected chi connectivity index (χ3v) is 186. The first kappa shape index (κ1) is 146. The molecule has 103 heteroatoms. The summed E-state index contributed by atoms with van der Waals surface area (Å²) in [6, 6.07) is 0. The lowest BCUT2D eigenvalue weighted by Gasteiger charge is -2.10. The zero-order valence-corrected chi connectivity index (χ0v) is 134. The van der Waals surface area contributed by atoms with Crippen LogP contribution in [0.2, 0.25) is 0 Å². The van der Waals surface area contributed by atoms with E-state index in [2.05, 4.69) is 108 Å². The summed E-state index contributed by atoms with van der Waals surface area (Å²) in [6.45, 7) is 9.69. The first-order valence-electron chi connectivity index (χ1n) is 23.0. The minimum atomic E-state index is -2.48. The minimum Gasteiger partial charge on any atom is -0.391 e. The molecule has 3 aromatic heterocycles. The second-order valence-electron chi connectivity index (χ2n) is 11.7. The summed E-state index contributed by atoms with van der Waals surface area (Å²) < 4.78 is 27.8. The highest BCUT2D eigenvalue weighted by atomic mass is 80.0. The number of alkyl halides is 5. The number of aryl methyl sites for hydroxylation is 3. The fourth-order valence-electron chi connectivity index (χ4n) is 2.62. The third kappa shape index (κ3) is 128. The molecule has 0 fully saturated rings. The van der Waals surface area contributed by atoms with E-state index < -0.39 is 7.37 Å². The summed E-state index contributed by atoms with van der Waals surface area (Å²) in [5.41, 5.74) is 2.72. The summed E-state index contributed by atoms with van der Waals surface area (Å²) in [5, 5.41) is 20.8. The topological polar surface area (TPSA) is 124 Å². The highest BCUT2D eigenvalue weighted by molar-refractivity contribution is 9.52. The van der Waals surface area contributed by atoms with E-state index in [0.717, 1.165) is 32.2 Å². The molecule has 0 radical (unpaired) electrons. The molecule has 3 aromatic rings. The molecule has 0 spiro atoms. The van der Waals surface area contributed by atoms with Crippen LogP contribution in [0, 0.1) is 20.8 Å². The Morgan fingerprint density at radius 2 is 0.433 bits per heavy atom. The number of nitrogens with zero attached hydrogens (tertiary/aromatic N) is 6. The predicted octanol–water partition coefficient (Wildman–Crippen LogP) is 7.98. The fourth-order valence-corrected chi connectivity index (χ4v) is 218.